The molecule has 93 heavy (non-hydrogen) atoms. The highest BCUT2D eigenvalue weighted by Crippen LogP contribution is 2.30. The number of hydrogen-bond acceptors (Lipinski definition) is 13. The molecule has 0 aromatic heterocycles. The Morgan fingerprint density at radius 3 is 1.14 bits per heavy atom. The van der Waals surface area contributed by atoms with Crippen molar-refractivity contribution in [3.63, 3.8) is 0 Å². The van der Waals surface area contributed by atoms with Gasteiger partial charge in [-0.1, -0.05) is 324 Å². The fourth-order valence-corrected chi connectivity index (χ4v) is 12.3. The standard InChI is InChI=1S/C79H141NO13/c1-3-5-7-9-11-13-15-17-19-21-23-25-27-29-31-33-35-36-38-40-42-44-46-48-50-52-54-56-58-60-62-68(83)67(66-90-78-76(89)74(87)77(70(65-82)92-78)93-79-75(88)73(86)72(85)69(64-81)91-79)80-71(84)63-61-59-57-55-53-51-49-47-45-43-41-39-37-34-32-30-28-26-24-22-20-18-16-14-12-10-8-6-4-2/h6,8,12,14,18,20,24,26,30,32,37,39,60,62,67-70,72-79,81-83,85-89H,3-5,7,9-11,13,15-17,19,21-23,25,27-29,31,33-36,38,40-59,61,63-66H2,1-2H3,(H,80,84)/b8-6-,14-12-,20-18-,26-24-,32-30-,39-37-,62-60+. The maximum Gasteiger partial charge on any atom is 0.220 e. The Kier molecular flexibility index (Phi) is 58.1. The molecule has 0 aliphatic carbocycles. The Morgan fingerprint density at radius 1 is 0.398 bits per heavy atom. The second kappa shape index (κ2) is 62.7. The highest BCUT2D eigenvalue weighted by Gasteiger charge is 2.51. The molecule has 0 saturated carbocycles. The zero-order valence-corrected chi connectivity index (χ0v) is 59.0. The summed E-state index contributed by atoms with van der Waals surface area (Å²) in [4.78, 5) is 13.4. The van der Waals surface area contributed by atoms with E-state index in [1.165, 1.54) is 205 Å². The first kappa shape index (κ1) is 86.3. The van der Waals surface area contributed by atoms with E-state index < -0.39 is 86.8 Å². The minimum absolute atomic E-state index is 0.243. The molecule has 14 heteroatoms. The summed E-state index contributed by atoms with van der Waals surface area (Å²) >= 11 is 0. The van der Waals surface area contributed by atoms with Gasteiger partial charge in [0.05, 0.1) is 32.0 Å². The van der Waals surface area contributed by atoms with Crippen molar-refractivity contribution in [2.75, 3.05) is 19.8 Å². The van der Waals surface area contributed by atoms with Gasteiger partial charge in [0.2, 0.25) is 5.91 Å². The van der Waals surface area contributed by atoms with Crippen LogP contribution in [0.1, 0.15) is 316 Å². The summed E-state index contributed by atoms with van der Waals surface area (Å²) in [6.07, 6.45) is 70.7. The van der Waals surface area contributed by atoms with Gasteiger partial charge in [-0.2, -0.15) is 0 Å². The van der Waals surface area contributed by atoms with Crippen LogP contribution in [-0.4, -0.2) is 140 Å². The van der Waals surface area contributed by atoms with Crippen LogP contribution in [0, 0.1) is 0 Å². The lowest BCUT2D eigenvalue weighted by Crippen LogP contribution is -2.65. The average Bonchev–Trinajstić information content (AvgIpc) is 0.854. The van der Waals surface area contributed by atoms with E-state index in [0.29, 0.717) is 6.42 Å². The van der Waals surface area contributed by atoms with E-state index in [2.05, 4.69) is 92.1 Å². The van der Waals surface area contributed by atoms with Crippen LogP contribution >= 0.6 is 0 Å². The summed E-state index contributed by atoms with van der Waals surface area (Å²) in [6, 6.07) is -0.924. The van der Waals surface area contributed by atoms with Crippen LogP contribution in [0.25, 0.3) is 0 Å². The molecule has 0 spiro atoms. The van der Waals surface area contributed by atoms with Gasteiger partial charge < -0.3 is 65.1 Å². The average molecular weight is 1310 g/mol. The third kappa shape index (κ3) is 46.1. The molecule has 12 atom stereocenters. The highest BCUT2D eigenvalue weighted by molar-refractivity contribution is 5.76. The third-order valence-corrected chi connectivity index (χ3v) is 18.3. The monoisotopic (exact) mass is 1310 g/mol. The lowest BCUT2D eigenvalue weighted by Gasteiger charge is -2.46. The Labute approximate surface area is 567 Å². The lowest BCUT2D eigenvalue weighted by molar-refractivity contribution is -0.359. The molecule has 1 amide bonds. The predicted molar refractivity (Wildman–Crippen MR) is 383 cm³/mol. The molecular weight excluding hydrogens is 1170 g/mol. The quantitative estimate of drug-likeness (QED) is 0.0204. The minimum atomic E-state index is -1.79. The highest BCUT2D eigenvalue weighted by atomic mass is 16.7. The summed E-state index contributed by atoms with van der Waals surface area (Å²) < 4.78 is 22.9. The van der Waals surface area contributed by atoms with Crippen molar-refractivity contribution >= 4 is 5.91 Å². The minimum Gasteiger partial charge on any atom is -0.394 e. The van der Waals surface area contributed by atoms with E-state index >= 15 is 0 Å². The summed E-state index contributed by atoms with van der Waals surface area (Å²) in [6.45, 7) is 2.72. The molecule has 2 saturated heterocycles. The zero-order chi connectivity index (χ0) is 67.3. The number of rotatable bonds is 63. The molecule has 0 bridgehead atoms. The number of carbonyl (C=O) groups excluding carboxylic acids is 1. The van der Waals surface area contributed by atoms with Crippen molar-refractivity contribution in [3.8, 4) is 0 Å². The molecule has 9 N–H and O–H groups in total. The number of unbranched alkanes of at least 4 members (excludes halogenated alkanes) is 38. The molecular formula is C79H141NO13. The molecule has 2 aliphatic rings. The van der Waals surface area contributed by atoms with Gasteiger partial charge in [-0.05, 0) is 70.6 Å². The molecule has 2 fully saturated rings. The smallest absolute Gasteiger partial charge is 0.220 e. The number of ether oxygens (including phenoxy) is 4. The summed E-state index contributed by atoms with van der Waals surface area (Å²) in [5, 5.41) is 87.6. The van der Waals surface area contributed by atoms with E-state index in [1.54, 1.807) is 6.08 Å². The summed E-state index contributed by atoms with van der Waals surface area (Å²) in [5.74, 6) is -0.243. The van der Waals surface area contributed by atoms with E-state index in [4.69, 9.17) is 18.9 Å². The molecule has 12 unspecified atom stereocenters. The second-order valence-electron chi connectivity index (χ2n) is 26.8. The zero-order valence-electron chi connectivity index (χ0n) is 59.0. The predicted octanol–water partition coefficient (Wildman–Crippen LogP) is 16.7. The van der Waals surface area contributed by atoms with Crippen LogP contribution in [0.15, 0.2) is 85.1 Å². The lowest BCUT2D eigenvalue weighted by atomic mass is 9.97. The number of aliphatic hydroxyl groups excluding tert-OH is 8. The van der Waals surface area contributed by atoms with E-state index in [9.17, 15) is 45.6 Å². The fourth-order valence-electron chi connectivity index (χ4n) is 12.3. The van der Waals surface area contributed by atoms with Crippen molar-refractivity contribution in [1.82, 2.24) is 5.32 Å². The van der Waals surface area contributed by atoms with E-state index in [-0.39, 0.29) is 18.9 Å². The third-order valence-electron chi connectivity index (χ3n) is 18.3. The van der Waals surface area contributed by atoms with Gasteiger partial charge in [-0.15, -0.1) is 0 Å². The van der Waals surface area contributed by atoms with Gasteiger partial charge in [0.15, 0.2) is 12.6 Å². The molecule has 0 aromatic carbocycles. The molecule has 2 heterocycles. The Hall–Kier alpha value is -2.83. The topological polar surface area (TPSA) is 228 Å². The molecule has 540 valence electrons. The number of allylic oxidation sites excluding steroid dienone is 13. The fraction of sp³-hybridized carbons (Fsp3) is 0.810. The Balaban J connectivity index is 1.65. The van der Waals surface area contributed by atoms with Crippen LogP contribution < -0.4 is 5.32 Å². The molecule has 0 aromatic rings. The molecule has 2 aliphatic heterocycles. The maximum atomic E-state index is 13.4. The van der Waals surface area contributed by atoms with Crippen molar-refractivity contribution in [2.45, 2.75) is 389 Å². The Morgan fingerprint density at radius 2 is 0.742 bits per heavy atom. The Bertz CT molecular complexity index is 1890. The molecule has 2 rings (SSSR count). The van der Waals surface area contributed by atoms with Gasteiger partial charge in [-0.25, -0.2) is 0 Å². The van der Waals surface area contributed by atoms with Crippen LogP contribution in [0.4, 0.5) is 0 Å². The second-order valence-corrected chi connectivity index (χ2v) is 26.8. The number of aliphatic hydroxyl groups is 8. The van der Waals surface area contributed by atoms with Crippen LogP contribution in [0.2, 0.25) is 0 Å². The van der Waals surface area contributed by atoms with Gasteiger partial charge in [-0.3, -0.25) is 4.79 Å². The van der Waals surface area contributed by atoms with Crippen molar-refractivity contribution in [2.24, 2.45) is 0 Å². The molecule has 14 nitrogen and oxygen atoms in total. The summed E-state index contributed by atoms with van der Waals surface area (Å²) in [5.41, 5.74) is 0. The van der Waals surface area contributed by atoms with Gasteiger partial charge in [0.25, 0.3) is 0 Å². The first-order valence-electron chi connectivity index (χ1n) is 38.3. The summed E-state index contributed by atoms with van der Waals surface area (Å²) in [7, 11) is 0. The number of amides is 1. The van der Waals surface area contributed by atoms with Crippen LogP contribution in [0.5, 0.6) is 0 Å². The van der Waals surface area contributed by atoms with Crippen molar-refractivity contribution < 1.29 is 64.6 Å². The van der Waals surface area contributed by atoms with Crippen LogP contribution in [0.3, 0.4) is 0 Å². The van der Waals surface area contributed by atoms with E-state index in [0.717, 1.165) is 83.5 Å². The normalized spacial score (nSPS) is 23.0. The largest absolute Gasteiger partial charge is 0.394 e. The first-order valence-corrected chi connectivity index (χ1v) is 38.3. The van der Waals surface area contributed by atoms with Crippen molar-refractivity contribution in [1.29, 1.82) is 0 Å². The van der Waals surface area contributed by atoms with Gasteiger partial charge >= 0.3 is 0 Å². The van der Waals surface area contributed by atoms with Gasteiger partial charge in [0.1, 0.15) is 48.8 Å². The number of nitrogens with one attached hydrogen (secondary N) is 1. The number of carbonyl (C=O) groups is 1. The number of hydrogen-bond donors (Lipinski definition) is 9. The maximum absolute atomic E-state index is 13.4. The van der Waals surface area contributed by atoms with Crippen LogP contribution in [-0.2, 0) is 23.7 Å². The SMILES string of the molecule is CC/C=C\C/C=C\C/C=C\C/C=C\C/C=C\C/C=C\CCCCCCCCCCCCC(=O)NC(COC1OC(CO)C(OC2OC(CO)C(O)C(O)C2O)C(O)C1O)C(O)/C=C/CCCCCCCCCCCCCCCCCCCCCCCCCCCCCC. The van der Waals surface area contributed by atoms with E-state index in [1.807, 2.05) is 6.08 Å². The molecule has 0 radical (unpaired) electrons. The first-order chi connectivity index (χ1) is 45.6. The van der Waals surface area contributed by atoms with Gasteiger partial charge in [0, 0.05) is 6.42 Å². The van der Waals surface area contributed by atoms with Crippen molar-refractivity contribution in [3.05, 3.63) is 85.1 Å².